The number of rotatable bonds is 2. The molecule has 1 aliphatic rings. The molecule has 1 atom stereocenters. The number of ether oxygens (including phenoxy) is 2. The Balaban J connectivity index is 2.38. The molecule has 0 unspecified atom stereocenters. The van der Waals surface area contributed by atoms with E-state index in [2.05, 4.69) is 0 Å². The first-order valence-electron chi connectivity index (χ1n) is 5.26. The summed E-state index contributed by atoms with van der Waals surface area (Å²) < 4.78 is 41.9. The van der Waals surface area contributed by atoms with E-state index in [0.717, 1.165) is 11.1 Å². The second-order valence-corrected chi connectivity index (χ2v) is 5.35. The molecule has 0 radical (unpaired) electrons. The number of hydrogen-bond donors (Lipinski definition) is 1. The topological polar surface area (TPSA) is 72.8 Å². The van der Waals surface area contributed by atoms with Gasteiger partial charge in [-0.1, -0.05) is 6.07 Å². The SMILES string of the molecule is Cc1ccc(S(=O)(=O)O)cc1[C@H]1COCCO1. The Morgan fingerprint density at radius 1 is 1.35 bits per heavy atom. The lowest BCUT2D eigenvalue weighted by atomic mass is 10.0. The van der Waals surface area contributed by atoms with E-state index < -0.39 is 10.1 Å². The third kappa shape index (κ3) is 2.84. The van der Waals surface area contributed by atoms with Gasteiger partial charge in [0.15, 0.2) is 0 Å². The van der Waals surface area contributed by atoms with Gasteiger partial charge in [0.1, 0.15) is 6.10 Å². The van der Waals surface area contributed by atoms with Crippen LogP contribution in [0.5, 0.6) is 0 Å². The summed E-state index contributed by atoms with van der Waals surface area (Å²) >= 11 is 0. The van der Waals surface area contributed by atoms with Crippen LogP contribution in [0.15, 0.2) is 23.1 Å². The van der Waals surface area contributed by atoms with Crippen LogP contribution in [0.25, 0.3) is 0 Å². The molecule has 5 nitrogen and oxygen atoms in total. The Hall–Kier alpha value is -0.950. The minimum absolute atomic E-state index is 0.118. The Labute approximate surface area is 100 Å². The van der Waals surface area contributed by atoms with Crippen LogP contribution in [0.4, 0.5) is 0 Å². The van der Waals surface area contributed by atoms with Gasteiger partial charge in [0, 0.05) is 0 Å². The molecule has 1 aromatic rings. The summed E-state index contributed by atoms with van der Waals surface area (Å²) in [6.07, 6.45) is -0.273. The van der Waals surface area contributed by atoms with Gasteiger partial charge in [0.2, 0.25) is 0 Å². The van der Waals surface area contributed by atoms with E-state index in [1.807, 2.05) is 6.92 Å². The molecule has 1 N–H and O–H groups in total. The summed E-state index contributed by atoms with van der Waals surface area (Å²) in [7, 11) is -4.18. The fourth-order valence-corrected chi connectivity index (χ4v) is 2.31. The highest BCUT2D eigenvalue weighted by atomic mass is 32.2. The van der Waals surface area contributed by atoms with Gasteiger partial charge in [-0.25, -0.2) is 0 Å². The van der Waals surface area contributed by atoms with Crippen LogP contribution in [-0.4, -0.2) is 32.8 Å². The fourth-order valence-electron chi connectivity index (χ4n) is 1.79. The Morgan fingerprint density at radius 3 is 2.71 bits per heavy atom. The van der Waals surface area contributed by atoms with Crippen molar-refractivity contribution in [1.82, 2.24) is 0 Å². The van der Waals surface area contributed by atoms with Crippen molar-refractivity contribution >= 4 is 10.1 Å². The highest BCUT2D eigenvalue weighted by molar-refractivity contribution is 7.85. The maximum absolute atomic E-state index is 11.1. The number of aryl methyl sites for hydroxylation is 1. The standard InChI is InChI=1S/C11H14O5S/c1-8-2-3-9(17(12,13)14)6-10(8)11-7-15-4-5-16-11/h2-3,6,11H,4-5,7H2,1H3,(H,12,13,14)/t11-/m1/s1. The molecule has 0 bridgehead atoms. The van der Waals surface area contributed by atoms with Crippen molar-refractivity contribution in [2.24, 2.45) is 0 Å². The molecule has 1 aliphatic heterocycles. The summed E-state index contributed by atoms with van der Waals surface area (Å²) in [5, 5.41) is 0. The third-order valence-electron chi connectivity index (χ3n) is 2.71. The molecule has 0 aliphatic carbocycles. The monoisotopic (exact) mass is 258 g/mol. The molecule has 1 fully saturated rings. The second kappa shape index (κ2) is 4.73. The summed E-state index contributed by atoms with van der Waals surface area (Å²) in [6, 6.07) is 4.46. The van der Waals surface area contributed by atoms with Crippen LogP contribution in [0.2, 0.25) is 0 Å². The molecule has 0 spiro atoms. The van der Waals surface area contributed by atoms with Gasteiger partial charge in [-0.2, -0.15) is 8.42 Å². The molecule has 1 saturated heterocycles. The molecule has 0 amide bonds. The van der Waals surface area contributed by atoms with Gasteiger partial charge < -0.3 is 9.47 Å². The van der Waals surface area contributed by atoms with Crippen LogP contribution < -0.4 is 0 Å². The van der Waals surface area contributed by atoms with Crippen molar-refractivity contribution in [3.8, 4) is 0 Å². The molecule has 0 aromatic heterocycles. The van der Waals surface area contributed by atoms with Crippen molar-refractivity contribution in [2.45, 2.75) is 17.9 Å². The van der Waals surface area contributed by atoms with Gasteiger partial charge in [-0.05, 0) is 30.2 Å². The van der Waals surface area contributed by atoms with Gasteiger partial charge >= 0.3 is 0 Å². The van der Waals surface area contributed by atoms with Crippen molar-refractivity contribution < 1.29 is 22.4 Å². The van der Waals surface area contributed by atoms with E-state index in [-0.39, 0.29) is 11.0 Å². The van der Waals surface area contributed by atoms with Crippen LogP contribution in [-0.2, 0) is 19.6 Å². The molecule has 6 heteroatoms. The zero-order chi connectivity index (χ0) is 12.5. The van der Waals surface area contributed by atoms with Crippen LogP contribution >= 0.6 is 0 Å². The maximum atomic E-state index is 11.1. The molecule has 17 heavy (non-hydrogen) atoms. The van der Waals surface area contributed by atoms with E-state index in [1.54, 1.807) is 6.07 Å². The highest BCUT2D eigenvalue weighted by Gasteiger charge is 2.21. The van der Waals surface area contributed by atoms with Gasteiger partial charge in [0.25, 0.3) is 10.1 Å². The molecular formula is C11H14O5S. The minimum atomic E-state index is -4.18. The van der Waals surface area contributed by atoms with Crippen LogP contribution in [0.1, 0.15) is 17.2 Å². The lowest BCUT2D eigenvalue weighted by Crippen LogP contribution is -2.22. The van der Waals surface area contributed by atoms with E-state index >= 15 is 0 Å². The molecule has 1 heterocycles. The zero-order valence-corrected chi connectivity index (χ0v) is 10.2. The molecule has 94 valence electrons. The van der Waals surface area contributed by atoms with Gasteiger partial charge in [-0.3, -0.25) is 4.55 Å². The molecule has 1 aromatic carbocycles. The molecule has 0 saturated carbocycles. The first-order chi connectivity index (χ1) is 7.98. The summed E-state index contributed by atoms with van der Waals surface area (Å²) in [4.78, 5) is -0.118. The first-order valence-corrected chi connectivity index (χ1v) is 6.70. The second-order valence-electron chi connectivity index (χ2n) is 3.93. The third-order valence-corrected chi connectivity index (χ3v) is 3.56. The van der Waals surface area contributed by atoms with Crippen molar-refractivity contribution in [1.29, 1.82) is 0 Å². The van der Waals surface area contributed by atoms with Crippen molar-refractivity contribution in [3.63, 3.8) is 0 Å². The zero-order valence-electron chi connectivity index (χ0n) is 9.42. The Bertz CT molecular complexity index is 503. The van der Waals surface area contributed by atoms with Crippen molar-refractivity contribution in [3.05, 3.63) is 29.3 Å². The summed E-state index contributed by atoms with van der Waals surface area (Å²) in [6.45, 7) is 3.30. The quantitative estimate of drug-likeness (QED) is 0.810. The van der Waals surface area contributed by atoms with E-state index in [1.165, 1.54) is 12.1 Å². The smallest absolute Gasteiger partial charge is 0.294 e. The van der Waals surface area contributed by atoms with Gasteiger partial charge in [0.05, 0.1) is 24.7 Å². The van der Waals surface area contributed by atoms with E-state index in [9.17, 15) is 8.42 Å². The Morgan fingerprint density at radius 2 is 2.12 bits per heavy atom. The van der Waals surface area contributed by atoms with Crippen LogP contribution in [0, 0.1) is 6.92 Å². The lowest BCUT2D eigenvalue weighted by molar-refractivity contribution is -0.0904. The van der Waals surface area contributed by atoms with Gasteiger partial charge in [-0.15, -0.1) is 0 Å². The first kappa shape index (κ1) is 12.5. The van der Waals surface area contributed by atoms with E-state index in [4.69, 9.17) is 14.0 Å². The lowest BCUT2D eigenvalue weighted by Gasteiger charge is -2.24. The number of hydrogen-bond acceptors (Lipinski definition) is 4. The molecular weight excluding hydrogens is 244 g/mol. The maximum Gasteiger partial charge on any atom is 0.294 e. The Kier molecular flexibility index (Phi) is 3.48. The predicted octanol–water partition coefficient (Wildman–Crippen LogP) is 1.33. The van der Waals surface area contributed by atoms with E-state index in [0.29, 0.717) is 19.8 Å². The minimum Gasteiger partial charge on any atom is -0.376 e. The summed E-state index contributed by atoms with van der Waals surface area (Å²) in [5.74, 6) is 0. The number of benzene rings is 1. The predicted molar refractivity (Wildman–Crippen MR) is 60.5 cm³/mol. The highest BCUT2D eigenvalue weighted by Crippen LogP contribution is 2.26. The average Bonchev–Trinajstić information content (AvgIpc) is 2.29. The van der Waals surface area contributed by atoms with Crippen LogP contribution in [0.3, 0.4) is 0 Å². The fraction of sp³-hybridized carbons (Fsp3) is 0.455. The van der Waals surface area contributed by atoms with Crippen molar-refractivity contribution in [2.75, 3.05) is 19.8 Å². The average molecular weight is 258 g/mol. The normalized spacial score (nSPS) is 21.4. The molecule has 2 rings (SSSR count). The largest absolute Gasteiger partial charge is 0.376 e. The summed E-state index contributed by atoms with van der Waals surface area (Å²) in [5.41, 5.74) is 1.65.